The third kappa shape index (κ3) is 3.68. The van der Waals surface area contributed by atoms with Gasteiger partial charge < -0.3 is 10.4 Å². The number of halogens is 2. The van der Waals surface area contributed by atoms with Crippen molar-refractivity contribution in [2.75, 3.05) is 13.1 Å². The van der Waals surface area contributed by atoms with Gasteiger partial charge in [0.25, 0.3) is 0 Å². The second-order valence-electron chi connectivity index (χ2n) is 4.61. The van der Waals surface area contributed by atoms with Crippen LogP contribution >= 0.6 is 27.5 Å². The Morgan fingerprint density at radius 3 is 3.00 bits per heavy atom. The van der Waals surface area contributed by atoms with Crippen LogP contribution in [0.4, 0.5) is 0 Å². The van der Waals surface area contributed by atoms with Gasteiger partial charge in [0, 0.05) is 22.5 Å². The lowest BCUT2D eigenvalue weighted by Crippen LogP contribution is -2.37. The van der Waals surface area contributed by atoms with Gasteiger partial charge >= 0.3 is 0 Å². The van der Waals surface area contributed by atoms with E-state index in [1.807, 2.05) is 18.2 Å². The minimum Gasteiger partial charge on any atom is -0.392 e. The number of aliphatic hydroxyl groups is 1. The Kier molecular flexibility index (Phi) is 4.86. The highest BCUT2D eigenvalue weighted by Crippen LogP contribution is 2.25. The standard InChI is InChI=1S/C13H17BrClNO/c14-11-4-3-9(12(15)7-11)6-13(17)10-2-1-5-16-8-10/h3-4,7,10,13,16-17H,1-2,5-6,8H2. The number of hydrogen-bond donors (Lipinski definition) is 2. The molecular formula is C13H17BrClNO. The van der Waals surface area contributed by atoms with Gasteiger partial charge in [-0.25, -0.2) is 0 Å². The molecule has 2 unspecified atom stereocenters. The largest absolute Gasteiger partial charge is 0.392 e. The molecule has 1 aliphatic rings. The van der Waals surface area contributed by atoms with Gasteiger partial charge in [-0.2, -0.15) is 0 Å². The van der Waals surface area contributed by atoms with Crippen LogP contribution in [0.2, 0.25) is 5.02 Å². The smallest absolute Gasteiger partial charge is 0.0621 e. The Labute approximate surface area is 115 Å². The zero-order chi connectivity index (χ0) is 12.3. The molecule has 94 valence electrons. The van der Waals surface area contributed by atoms with Crippen molar-refractivity contribution in [1.29, 1.82) is 0 Å². The zero-order valence-corrected chi connectivity index (χ0v) is 12.0. The van der Waals surface area contributed by atoms with E-state index in [-0.39, 0.29) is 6.10 Å². The highest BCUT2D eigenvalue weighted by atomic mass is 79.9. The van der Waals surface area contributed by atoms with E-state index < -0.39 is 0 Å². The normalized spacial score (nSPS) is 22.4. The molecule has 2 nitrogen and oxygen atoms in total. The van der Waals surface area contributed by atoms with E-state index in [2.05, 4.69) is 21.2 Å². The fourth-order valence-electron chi connectivity index (χ4n) is 2.29. The van der Waals surface area contributed by atoms with Crippen LogP contribution in [-0.4, -0.2) is 24.3 Å². The maximum absolute atomic E-state index is 10.2. The van der Waals surface area contributed by atoms with Gasteiger partial charge in [0.05, 0.1) is 6.10 Å². The number of benzene rings is 1. The summed E-state index contributed by atoms with van der Waals surface area (Å²) in [6.45, 7) is 1.98. The second kappa shape index (κ2) is 6.19. The first-order chi connectivity index (χ1) is 8.16. The van der Waals surface area contributed by atoms with Crippen molar-refractivity contribution in [3.05, 3.63) is 33.3 Å². The molecule has 0 bridgehead atoms. The Morgan fingerprint density at radius 2 is 2.35 bits per heavy atom. The summed E-state index contributed by atoms with van der Waals surface area (Å²) >= 11 is 9.54. The van der Waals surface area contributed by atoms with Crippen LogP contribution in [0.3, 0.4) is 0 Å². The van der Waals surface area contributed by atoms with Gasteiger partial charge in [0.2, 0.25) is 0 Å². The SMILES string of the molecule is OC(Cc1ccc(Br)cc1Cl)C1CCCNC1. The molecule has 0 spiro atoms. The van der Waals surface area contributed by atoms with Crippen molar-refractivity contribution in [1.82, 2.24) is 5.32 Å². The van der Waals surface area contributed by atoms with Crippen molar-refractivity contribution in [3.63, 3.8) is 0 Å². The lowest BCUT2D eigenvalue weighted by molar-refractivity contribution is 0.0922. The van der Waals surface area contributed by atoms with Crippen LogP contribution in [0.15, 0.2) is 22.7 Å². The molecule has 4 heteroatoms. The second-order valence-corrected chi connectivity index (χ2v) is 5.94. The summed E-state index contributed by atoms with van der Waals surface area (Å²) in [6, 6.07) is 5.82. The van der Waals surface area contributed by atoms with Gasteiger partial charge in [-0.05, 0) is 43.0 Å². The van der Waals surface area contributed by atoms with E-state index in [1.165, 1.54) is 0 Å². The van der Waals surface area contributed by atoms with E-state index in [9.17, 15) is 5.11 Å². The average Bonchev–Trinajstić information content (AvgIpc) is 2.34. The van der Waals surface area contributed by atoms with Crippen molar-refractivity contribution >= 4 is 27.5 Å². The van der Waals surface area contributed by atoms with Crippen LogP contribution < -0.4 is 5.32 Å². The molecule has 2 rings (SSSR count). The van der Waals surface area contributed by atoms with Crippen LogP contribution in [0.5, 0.6) is 0 Å². The number of hydrogen-bond acceptors (Lipinski definition) is 2. The summed E-state index contributed by atoms with van der Waals surface area (Å²) in [5, 5.41) is 14.3. The number of piperidine rings is 1. The molecule has 1 heterocycles. The van der Waals surface area contributed by atoms with Crippen LogP contribution in [0, 0.1) is 5.92 Å². The molecule has 1 aromatic carbocycles. The summed E-state index contributed by atoms with van der Waals surface area (Å²) in [5.41, 5.74) is 1.02. The highest BCUT2D eigenvalue weighted by molar-refractivity contribution is 9.10. The minimum atomic E-state index is -0.304. The fraction of sp³-hybridized carbons (Fsp3) is 0.538. The van der Waals surface area contributed by atoms with Gasteiger partial charge in [-0.3, -0.25) is 0 Å². The maximum Gasteiger partial charge on any atom is 0.0621 e. The zero-order valence-electron chi connectivity index (χ0n) is 9.63. The lowest BCUT2D eigenvalue weighted by atomic mass is 9.90. The molecule has 0 aromatic heterocycles. The first kappa shape index (κ1) is 13.3. The van der Waals surface area contributed by atoms with Crippen molar-refractivity contribution < 1.29 is 5.11 Å². The number of rotatable bonds is 3. The first-order valence-corrected chi connectivity index (χ1v) is 7.16. The third-order valence-electron chi connectivity index (χ3n) is 3.32. The molecule has 0 amide bonds. The Balaban J connectivity index is 1.99. The van der Waals surface area contributed by atoms with Crippen LogP contribution in [0.1, 0.15) is 18.4 Å². The molecule has 1 saturated heterocycles. The fourth-order valence-corrected chi connectivity index (χ4v) is 3.04. The highest BCUT2D eigenvalue weighted by Gasteiger charge is 2.22. The van der Waals surface area contributed by atoms with E-state index >= 15 is 0 Å². The monoisotopic (exact) mass is 317 g/mol. The van der Waals surface area contributed by atoms with Gasteiger partial charge in [-0.15, -0.1) is 0 Å². The molecule has 1 fully saturated rings. The first-order valence-electron chi connectivity index (χ1n) is 5.99. The van der Waals surface area contributed by atoms with Crippen molar-refractivity contribution in [2.24, 2.45) is 5.92 Å². The Hall–Kier alpha value is -0.0900. The lowest BCUT2D eigenvalue weighted by Gasteiger charge is -2.27. The Morgan fingerprint density at radius 1 is 1.53 bits per heavy atom. The topological polar surface area (TPSA) is 32.3 Å². The number of aliphatic hydroxyl groups excluding tert-OH is 1. The molecule has 17 heavy (non-hydrogen) atoms. The summed E-state index contributed by atoms with van der Waals surface area (Å²) in [4.78, 5) is 0. The van der Waals surface area contributed by atoms with E-state index in [0.717, 1.165) is 41.0 Å². The maximum atomic E-state index is 10.2. The van der Waals surface area contributed by atoms with Crippen LogP contribution in [0.25, 0.3) is 0 Å². The van der Waals surface area contributed by atoms with E-state index in [1.54, 1.807) is 0 Å². The predicted molar refractivity (Wildman–Crippen MR) is 74.5 cm³/mol. The van der Waals surface area contributed by atoms with Crippen molar-refractivity contribution in [2.45, 2.75) is 25.4 Å². The molecule has 1 aliphatic heterocycles. The molecule has 2 N–H and O–H groups in total. The summed E-state index contributed by atoms with van der Waals surface area (Å²) in [6.07, 6.45) is 2.58. The molecular weight excluding hydrogens is 302 g/mol. The van der Waals surface area contributed by atoms with Crippen LogP contribution in [-0.2, 0) is 6.42 Å². The molecule has 0 saturated carbocycles. The molecule has 0 radical (unpaired) electrons. The molecule has 1 aromatic rings. The van der Waals surface area contributed by atoms with E-state index in [0.29, 0.717) is 12.3 Å². The van der Waals surface area contributed by atoms with Gasteiger partial charge in [0.1, 0.15) is 0 Å². The molecule has 0 aliphatic carbocycles. The van der Waals surface area contributed by atoms with E-state index in [4.69, 9.17) is 11.6 Å². The quantitative estimate of drug-likeness (QED) is 0.898. The minimum absolute atomic E-state index is 0.304. The predicted octanol–water partition coefficient (Wildman–Crippen LogP) is 3.01. The summed E-state index contributed by atoms with van der Waals surface area (Å²) in [7, 11) is 0. The average molecular weight is 319 g/mol. The summed E-state index contributed by atoms with van der Waals surface area (Å²) in [5.74, 6) is 0.350. The third-order valence-corrected chi connectivity index (χ3v) is 4.17. The number of nitrogens with one attached hydrogen (secondary N) is 1. The summed E-state index contributed by atoms with van der Waals surface area (Å²) < 4.78 is 0.972. The molecule has 2 atom stereocenters. The van der Waals surface area contributed by atoms with Gasteiger partial charge in [0.15, 0.2) is 0 Å². The van der Waals surface area contributed by atoms with Crippen molar-refractivity contribution in [3.8, 4) is 0 Å². The van der Waals surface area contributed by atoms with Gasteiger partial charge in [-0.1, -0.05) is 33.6 Å². The Bertz CT molecular complexity index is 380.